The molecule has 0 aromatic heterocycles. The highest BCUT2D eigenvalue weighted by atomic mass is 14.8. The van der Waals surface area contributed by atoms with Gasteiger partial charge < -0.3 is 5.32 Å². The van der Waals surface area contributed by atoms with Crippen molar-refractivity contribution in [1.82, 2.24) is 5.32 Å². The molecule has 1 unspecified atom stereocenters. The first kappa shape index (κ1) is 15.0. The minimum absolute atomic E-state index is 0.957. The Morgan fingerprint density at radius 3 is 2.20 bits per heavy atom. The van der Waals surface area contributed by atoms with Crippen LogP contribution in [-0.4, -0.2) is 13.1 Å². The van der Waals surface area contributed by atoms with Gasteiger partial charge in [-0.25, -0.2) is 0 Å². The summed E-state index contributed by atoms with van der Waals surface area (Å²) in [5, 5.41) is 3.57. The van der Waals surface area contributed by atoms with E-state index >= 15 is 0 Å². The maximum Gasteiger partial charge on any atom is -0.00463 e. The summed E-state index contributed by atoms with van der Waals surface area (Å²) in [7, 11) is 0. The van der Waals surface area contributed by atoms with Gasteiger partial charge in [-0.3, -0.25) is 0 Å². The zero-order valence-corrected chi connectivity index (χ0v) is 11.1. The van der Waals surface area contributed by atoms with E-state index in [1.54, 1.807) is 0 Å². The first-order valence-corrected chi connectivity index (χ1v) is 7.05. The second-order valence-electron chi connectivity index (χ2n) is 4.66. The topological polar surface area (TPSA) is 12.0 Å². The van der Waals surface area contributed by atoms with Crippen LogP contribution in [0.2, 0.25) is 0 Å². The Labute approximate surface area is 97.0 Å². The SMILES string of the molecule is CCCCCCNCCC(CC)CCC. The van der Waals surface area contributed by atoms with Crippen LogP contribution in [0.5, 0.6) is 0 Å². The van der Waals surface area contributed by atoms with Gasteiger partial charge in [0.2, 0.25) is 0 Å². The highest BCUT2D eigenvalue weighted by Gasteiger charge is 2.03. The molecule has 0 aliphatic heterocycles. The molecule has 0 aliphatic rings. The summed E-state index contributed by atoms with van der Waals surface area (Å²) in [5.41, 5.74) is 0. The summed E-state index contributed by atoms with van der Waals surface area (Å²) in [6.07, 6.45) is 11.0. The molecular weight excluding hydrogens is 182 g/mol. The number of hydrogen-bond acceptors (Lipinski definition) is 1. The highest BCUT2D eigenvalue weighted by molar-refractivity contribution is 4.59. The molecule has 0 radical (unpaired) electrons. The number of rotatable bonds is 11. The molecule has 15 heavy (non-hydrogen) atoms. The third-order valence-electron chi connectivity index (χ3n) is 3.21. The van der Waals surface area contributed by atoms with Gasteiger partial charge in [-0.1, -0.05) is 59.3 Å². The number of nitrogens with one attached hydrogen (secondary N) is 1. The molecular formula is C14H31N. The molecule has 92 valence electrons. The number of hydrogen-bond donors (Lipinski definition) is 1. The smallest absolute Gasteiger partial charge is 0.00463 e. The molecule has 1 N–H and O–H groups in total. The van der Waals surface area contributed by atoms with Crippen molar-refractivity contribution in [3.63, 3.8) is 0 Å². The molecule has 0 saturated carbocycles. The average molecular weight is 213 g/mol. The van der Waals surface area contributed by atoms with Crippen LogP contribution in [0, 0.1) is 5.92 Å². The fourth-order valence-corrected chi connectivity index (χ4v) is 2.07. The maximum absolute atomic E-state index is 3.57. The lowest BCUT2D eigenvalue weighted by molar-refractivity contribution is 0.417. The van der Waals surface area contributed by atoms with E-state index in [0.29, 0.717) is 0 Å². The molecule has 0 rings (SSSR count). The van der Waals surface area contributed by atoms with Gasteiger partial charge >= 0.3 is 0 Å². The minimum Gasteiger partial charge on any atom is -0.317 e. The standard InChI is InChI=1S/C14H31N/c1-4-7-8-9-12-15-13-11-14(6-3)10-5-2/h14-15H,4-13H2,1-3H3. The summed E-state index contributed by atoms with van der Waals surface area (Å²) >= 11 is 0. The summed E-state index contributed by atoms with van der Waals surface area (Å²) in [4.78, 5) is 0. The van der Waals surface area contributed by atoms with Crippen molar-refractivity contribution in [1.29, 1.82) is 0 Å². The van der Waals surface area contributed by atoms with Gasteiger partial charge in [-0.15, -0.1) is 0 Å². The van der Waals surface area contributed by atoms with Crippen molar-refractivity contribution in [3.8, 4) is 0 Å². The molecule has 0 heterocycles. The summed E-state index contributed by atoms with van der Waals surface area (Å²) in [6.45, 7) is 9.33. The summed E-state index contributed by atoms with van der Waals surface area (Å²) < 4.78 is 0. The van der Waals surface area contributed by atoms with Gasteiger partial charge in [0.15, 0.2) is 0 Å². The third kappa shape index (κ3) is 10.2. The Morgan fingerprint density at radius 2 is 1.60 bits per heavy atom. The lowest BCUT2D eigenvalue weighted by Gasteiger charge is -2.13. The van der Waals surface area contributed by atoms with E-state index < -0.39 is 0 Å². The van der Waals surface area contributed by atoms with Crippen molar-refractivity contribution in [2.75, 3.05) is 13.1 Å². The zero-order valence-electron chi connectivity index (χ0n) is 11.1. The molecule has 0 fully saturated rings. The van der Waals surface area contributed by atoms with Crippen LogP contribution >= 0.6 is 0 Å². The van der Waals surface area contributed by atoms with Gasteiger partial charge in [0, 0.05) is 0 Å². The largest absolute Gasteiger partial charge is 0.317 e. The highest BCUT2D eigenvalue weighted by Crippen LogP contribution is 2.13. The lowest BCUT2D eigenvalue weighted by atomic mass is 9.97. The summed E-state index contributed by atoms with van der Waals surface area (Å²) in [6, 6.07) is 0. The van der Waals surface area contributed by atoms with Crippen LogP contribution < -0.4 is 5.32 Å². The molecule has 0 aliphatic carbocycles. The maximum atomic E-state index is 3.57. The van der Waals surface area contributed by atoms with Gasteiger partial charge in [0.25, 0.3) is 0 Å². The van der Waals surface area contributed by atoms with Crippen LogP contribution in [0.4, 0.5) is 0 Å². The molecule has 0 amide bonds. The normalized spacial score (nSPS) is 13.0. The molecule has 0 bridgehead atoms. The quantitative estimate of drug-likeness (QED) is 0.502. The van der Waals surface area contributed by atoms with Crippen LogP contribution in [0.25, 0.3) is 0 Å². The Morgan fingerprint density at radius 1 is 0.800 bits per heavy atom. The van der Waals surface area contributed by atoms with Crippen LogP contribution in [0.15, 0.2) is 0 Å². The first-order chi connectivity index (χ1) is 7.35. The summed E-state index contributed by atoms with van der Waals surface area (Å²) in [5.74, 6) is 0.957. The van der Waals surface area contributed by atoms with Gasteiger partial charge in [0.05, 0.1) is 0 Å². The molecule has 1 nitrogen and oxygen atoms in total. The van der Waals surface area contributed by atoms with Gasteiger partial charge in [-0.05, 0) is 31.8 Å². The Balaban J connectivity index is 3.14. The molecule has 0 aromatic carbocycles. The lowest BCUT2D eigenvalue weighted by Crippen LogP contribution is -2.19. The van der Waals surface area contributed by atoms with E-state index in [0.717, 1.165) is 5.92 Å². The van der Waals surface area contributed by atoms with E-state index in [4.69, 9.17) is 0 Å². The van der Waals surface area contributed by atoms with E-state index in [2.05, 4.69) is 26.1 Å². The molecule has 0 spiro atoms. The molecule has 1 heteroatoms. The number of unbranched alkanes of at least 4 members (excludes halogenated alkanes) is 3. The zero-order chi connectivity index (χ0) is 11.4. The van der Waals surface area contributed by atoms with Crippen LogP contribution in [-0.2, 0) is 0 Å². The van der Waals surface area contributed by atoms with Crippen molar-refractivity contribution in [2.45, 2.75) is 72.1 Å². The minimum atomic E-state index is 0.957. The van der Waals surface area contributed by atoms with Crippen LogP contribution in [0.1, 0.15) is 72.1 Å². The van der Waals surface area contributed by atoms with Crippen molar-refractivity contribution in [3.05, 3.63) is 0 Å². The third-order valence-corrected chi connectivity index (χ3v) is 3.21. The van der Waals surface area contributed by atoms with E-state index in [9.17, 15) is 0 Å². The van der Waals surface area contributed by atoms with Gasteiger partial charge in [-0.2, -0.15) is 0 Å². The average Bonchev–Trinajstić information content (AvgIpc) is 2.26. The van der Waals surface area contributed by atoms with Crippen molar-refractivity contribution < 1.29 is 0 Å². The van der Waals surface area contributed by atoms with Crippen LogP contribution in [0.3, 0.4) is 0 Å². The molecule has 1 atom stereocenters. The van der Waals surface area contributed by atoms with E-state index in [-0.39, 0.29) is 0 Å². The molecule has 0 saturated heterocycles. The fraction of sp³-hybridized carbons (Fsp3) is 1.00. The predicted octanol–water partition coefficient (Wildman–Crippen LogP) is 4.37. The second kappa shape index (κ2) is 12.0. The predicted molar refractivity (Wildman–Crippen MR) is 70.3 cm³/mol. The Hall–Kier alpha value is -0.0400. The Bertz CT molecular complexity index is 112. The van der Waals surface area contributed by atoms with Crippen molar-refractivity contribution >= 4 is 0 Å². The monoisotopic (exact) mass is 213 g/mol. The molecule has 0 aromatic rings. The first-order valence-electron chi connectivity index (χ1n) is 7.05. The second-order valence-corrected chi connectivity index (χ2v) is 4.66. The van der Waals surface area contributed by atoms with E-state index in [1.165, 1.54) is 64.5 Å². The van der Waals surface area contributed by atoms with Crippen molar-refractivity contribution in [2.24, 2.45) is 5.92 Å². The van der Waals surface area contributed by atoms with Gasteiger partial charge in [0.1, 0.15) is 0 Å². The Kier molecular flexibility index (Phi) is 12.0. The van der Waals surface area contributed by atoms with E-state index in [1.807, 2.05) is 0 Å². The fourth-order valence-electron chi connectivity index (χ4n) is 2.07.